The van der Waals surface area contributed by atoms with Crippen LogP contribution in [0.15, 0.2) is 24.3 Å². The van der Waals surface area contributed by atoms with E-state index in [9.17, 15) is 4.39 Å². The molecule has 1 aliphatic rings. The average Bonchev–Trinajstić information content (AvgIpc) is 2.71. The first-order chi connectivity index (χ1) is 11.1. The maximum absolute atomic E-state index is 13.4. The minimum absolute atomic E-state index is 0.00895. The van der Waals surface area contributed by atoms with E-state index in [1.165, 1.54) is 17.7 Å². The lowest BCUT2D eigenvalue weighted by Crippen LogP contribution is -2.52. The van der Waals surface area contributed by atoms with Gasteiger partial charge in [-0.1, -0.05) is 0 Å². The smallest absolute Gasteiger partial charge is 0.123 e. The maximum atomic E-state index is 13.4. The standard InChI is InChI=1S/C20H28FN3/c1-13(2)24-18(14-7-9-15(21)10-8-14)16-11-19(3,4)23-20(5,6)12-17(16)22-24/h7-10,13,23H,11-12H2,1-6H3. The molecule has 4 heteroatoms. The Morgan fingerprint density at radius 3 is 2.21 bits per heavy atom. The minimum atomic E-state index is -0.205. The predicted molar refractivity (Wildman–Crippen MR) is 96.7 cm³/mol. The number of hydrogen-bond donors (Lipinski definition) is 1. The molecule has 0 unspecified atom stereocenters. The van der Waals surface area contributed by atoms with E-state index < -0.39 is 0 Å². The summed E-state index contributed by atoms with van der Waals surface area (Å²) in [7, 11) is 0. The third-order valence-electron chi connectivity index (χ3n) is 4.60. The molecule has 0 amide bonds. The van der Waals surface area contributed by atoms with E-state index in [-0.39, 0.29) is 22.9 Å². The van der Waals surface area contributed by atoms with Crippen LogP contribution >= 0.6 is 0 Å². The monoisotopic (exact) mass is 329 g/mol. The lowest BCUT2D eigenvalue weighted by Gasteiger charge is -2.34. The van der Waals surface area contributed by atoms with Crippen molar-refractivity contribution in [2.45, 2.75) is 71.5 Å². The second-order valence-electron chi connectivity index (χ2n) is 8.57. The number of hydrogen-bond acceptors (Lipinski definition) is 2. The first kappa shape index (κ1) is 17.2. The quantitative estimate of drug-likeness (QED) is 0.878. The van der Waals surface area contributed by atoms with Gasteiger partial charge < -0.3 is 5.32 Å². The molecular formula is C20H28FN3. The Hall–Kier alpha value is -1.68. The highest BCUT2D eigenvalue weighted by Crippen LogP contribution is 2.36. The Labute approximate surface area is 144 Å². The first-order valence-corrected chi connectivity index (χ1v) is 8.73. The number of rotatable bonds is 2. The summed E-state index contributed by atoms with van der Waals surface area (Å²) in [6.07, 6.45) is 1.80. The molecule has 3 rings (SSSR count). The lowest BCUT2D eigenvalue weighted by molar-refractivity contribution is 0.271. The number of halogens is 1. The van der Waals surface area contributed by atoms with Gasteiger partial charge in [0.25, 0.3) is 0 Å². The third kappa shape index (κ3) is 3.25. The topological polar surface area (TPSA) is 29.9 Å². The summed E-state index contributed by atoms with van der Waals surface area (Å²) in [4.78, 5) is 0. The maximum Gasteiger partial charge on any atom is 0.123 e. The molecule has 24 heavy (non-hydrogen) atoms. The van der Waals surface area contributed by atoms with E-state index in [0.29, 0.717) is 0 Å². The zero-order chi connectivity index (χ0) is 17.7. The van der Waals surface area contributed by atoms with Crippen LogP contribution in [0, 0.1) is 5.82 Å². The molecule has 0 spiro atoms. The van der Waals surface area contributed by atoms with Crippen molar-refractivity contribution >= 4 is 0 Å². The Balaban J connectivity index is 2.22. The van der Waals surface area contributed by atoms with Crippen LogP contribution in [0.25, 0.3) is 11.3 Å². The molecular weight excluding hydrogens is 301 g/mol. The molecule has 0 saturated heterocycles. The highest BCUT2D eigenvalue weighted by molar-refractivity contribution is 5.65. The Bertz CT molecular complexity index is 739. The van der Waals surface area contributed by atoms with Gasteiger partial charge in [0, 0.05) is 34.7 Å². The van der Waals surface area contributed by atoms with Gasteiger partial charge in [-0.25, -0.2) is 4.39 Å². The van der Waals surface area contributed by atoms with Crippen LogP contribution in [0.2, 0.25) is 0 Å². The summed E-state index contributed by atoms with van der Waals surface area (Å²) < 4.78 is 15.5. The summed E-state index contributed by atoms with van der Waals surface area (Å²) in [6.45, 7) is 13.2. The molecule has 2 aromatic rings. The fourth-order valence-corrected chi connectivity index (χ4v) is 4.00. The van der Waals surface area contributed by atoms with E-state index in [4.69, 9.17) is 5.10 Å². The van der Waals surface area contributed by atoms with Gasteiger partial charge in [-0.3, -0.25) is 4.68 Å². The van der Waals surface area contributed by atoms with Crippen molar-refractivity contribution in [3.63, 3.8) is 0 Å². The largest absolute Gasteiger partial charge is 0.306 e. The summed E-state index contributed by atoms with van der Waals surface area (Å²) in [6, 6.07) is 7.05. The van der Waals surface area contributed by atoms with Crippen LogP contribution in [0.5, 0.6) is 0 Å². The summed E-state index contributed by atoms with van der Waals surface area (Å²) in [5, 5.41) is 8.71. The van der Waals surface area contributed by atoms with Crippen LogP contribution in [-0.4, -0.2) is 20.9 Å². The van der Waals surface area contributed by atoms with Gasteiger partial charge in [0.05, 0.1) is 11.4 Å². The van der Waals surface area contributed by atoms with Crippen LogP contribution in [0.1, 0.15) is 58.8 Å². The zero-order valence-electron chi connectivity index (χ0n) is 15.6. The summed E-state index contributed by atoms with van der Waals surface area (Å²) >= 11 is 0. The van der Waals surface area contributed by atoms with Gasteiger partial charge in [-0.2, -0.15) is 5.10 Å². The molecule has 0 radical (unpaired) electrons. The van der Waals surface area contributed by atoms with E-state index in [0.717, 1.165) is 29.8 Å². The van der Waals surface area contributed by atoms with Crippen molar-refractivity contribution in [3.05, 3.63) is 41.3 Å². The Morgan fingerprint density at radius 1 is 1.04 bits per heavy atom. The molecule has 0 bridgehead atoms. The fraction of sp³-hybridized carbons (Fsp3) is 0.550. The molecule has 1 N–H and O–H groups in total. The van der Waals surface area contributed by atoms with E-state index >= 15 is 0 Å². The van der Waals surface area contributed by atoms with Crippen LogP contribution < -0.4 is 5.32 Å². The second kappa shape index (κ2) is 5.69. The normalized spacial score (nSPS) is 19.2. The van der Waals surface area contributed by atoms with Crippen molar-refractivity contribution in [1.82, 2.24) is 15.1 Å². The van der Waals surface area contributed by atoms with E-state index in [2.05, 4.69) is 51.5 Å². The molecule has 0 aliphatic carbocycles. The number of nitrogens with zero attached hydrogens (tertiary/aromatic N) is 2. The number of fused-ring (bicyclic) bond motifs is 1. The molecule has 1 aliphatic heterocycles. The molecule has 3 nitrogen and oxygen atoms in total. The van der Waals surface area contributed by atoms with Crippen molar-refractivity contribution < 1.29 is 4.39 Å². The van der Waals surface area contributed by atoms with Crippen LogP contribution in [-0.2, 0) is 12.8 Å². The zero-order valence-corrected chi connectivity index (χ0v) is 15.6. The van der Waals surface area contributed by atoms with E-state index in [1.54, 1.807) is 0 Å². The molecule has 0 saturated carbocycles. The lowest BCUT2D eigenvalue weighted by atomic mass is 9.92. The van der Waals surface area contributed by atoms with Crippen molar-refractivity contribution in [1.29, 1.82) is 0 Å². The van der Waals surface area contributed by atoms with Gasteiger partial charge >= 0.3 is 0 Å². The minimum Gasteiger partial charge on any atom is -0.306 e. The summed E-state index contributed by atoms with van der Waals surface area (Å²) in [5.74, 6) is -0.205. The summed E-state index contributed by atoms with van der Waals surface area (Å²) in [5.41, 5.74) is 4.59. The molecule has 1 aromatic heterocycles. The number of aromatic nitrogens is 2. The SMILES string of the molecule is CC(C)n1nc2c(c1-c1ccc(F)cc1)CC(C)(C)NC(C)(C)C2. The van der Waals surface area contributed by atoms with Crippen molar-refractivity contribution in [3.8, 4) is 11.3 Å². The average molecular weight is 329 g/mol. The highest BCUT2D eigenvalue weighted by atomic mass is 19.1. The molecule has 1 aromatic carbocycles. The Morgan fingerprint density at radius 2 is 1.62 bits per heavy atom. The van der Waals surface area contributed by atoms with Crippen molar-refractivity contribution in [2.75, 3.05) is 0 Å². The third-order valence-corrected chi connectivity index (χ3v) is 4.60. The van der Waals surface area contributed by atoms with Gasteiger partial charge in [0.2, 0.25) is 0 Å². The molecule has 0 atom stereocenters. The molecule has 130 valence electrons. The molecule has 0 fully saturated rings. The van der Waals surface area contributed by atoms with E-state index in [1.807, 2.05) is 12.1 Å². The highest BCUT2D eigenvalue weighted by Gasteiger charge is 2.36. The van der Waals surface area contributed by atoms with Crippen LogP contribution in [0.3, 0.4) is 0 Å². The number of nitrogens with one attached hydrogen (secondary N) is 1. The van der Waals surface area contributed by atoms with Gasteiger partial charge in [0.1, 0.15) is 5.82 Å². The van der Waals surface area contributed by atoms with Gasteiger partial charge in [-0.05, 0) is 72.2 Å². The predicted octanol–water partition coefficient (Wildman–Crippen LogP) is 4.52. The number of benzene rings is 1. The van der Waals surface area contributed by atoms with Crippen molar-refractivity contribution in [2.24, 2.45) is 0 Å². The van der Waals surface area contributed by atoms with Crippen LogP contribution in [0.4, 0.5) is 4.39 Å². The molecule has 2 heterocycles. The Kier molecular flexibility index (Phi) is 4.07. The fourth-order valence-electron chi connectivity index (χ4n) is 4.00. The van der Waals surface area contributed by atoms with Gasteiger partial charge in [0.15, 0.2) is 0 Å². The first-order valence-electron chi connectivity index (χ1n) is 8.73. The second-order valence-corrected chi connectivity index (χ2v) is 8.57. The van der Waals surface area contributed by atoms with Gasteiger partial charge in [-0.15, -0.1) is 0 Å².